The van der Waals surface area contributed by atoms with E-state index in [9.17, 15) is 23.1 Å². The number of nitrogens with one attached hydrogen (secondary N) is 1. The SMILES string of the molecule is C#Cc1ccc2[nH]c(S(=O)(=O)N3CCN(C(=O)c4nc5c(s4)CC(O)CC5)C(CC(=O)N(C)C)C3)cc2c1. The fourth-order valence-electron chi connectivity index (χ4n) is 4.92. The fraction of sp³-hybridized carbons (Fsp3) is 0.423. The number of H-pyrrole nitrogens is 1. The summed E-state index contributed by atoms with van der Waals surface area (Å²) < 4.78 is 28.5. The number of carbonyl (C=O) groups excluding carboxylic acids is 2. The van der Waals surface area contributed by atoms with E-state index in [1.165, 1.54) is 20.5 Å². The van der Waals surface area contributed by atoms with Crippen molar-refractivity contribution in [2.75, 3.05) is 33.7 Å². The molecule has 2 N–H and O–H groups in total. The predicted octanol–water partition coefficient (Wildman–Crippen LogP) is 1.45. The van der Waals surface area contributed by atoms with E-state index in [-0.39, 0.29) is 42.9 Å². The molecule has 10 nitrogen and oxygen atoms in total. The lowest BCUT2D eigenvalue weighted by molar-refractivity contribution is -0.130. The van der Waals surface area contributed by atoms with Crippen molar-refractivity contribution in [3.63, 3.8) is 0 Å². The molecule has 0 bridgehead atoms. The summed E-state index contributed by atoms with van der Waals surface area (Å²) in [6.45, 7) is 0.176. The number of sulfonamides is 1. The molecule has 0 radical (unpaired) electrons. The van der Waals surface area contributed by atoms with Crippen molar-refractivity contribution < 1.29 is 23.1 Å². The van der Waals surface area contributed by atoms with Crippen molar-refractivity contribution in [2.45, 2.75) is 42.9 Å². The van der Waals surface area contributed by atoms with E-state index in [1.807, 2.05) is 0 Å². The topological polar surface area (TPSA) is 127 Å². The first-order valence-corrected chi connectivity index (χ1v) is 14.6. The van der Waals surface area contributed by atoms with Crippen LogP contribution in [0, 0.1) is 12.3 Å². The molecular weight excluding hydrogens is 526 g/mol. The van der Waals surface area contributed by atoms with Crippen molar-refractivity contribution in [3.05, 3.63) is 45.4 Å². The second-order valence-electron chi connectivity index (χ2n) is 9.87. The maximum atomic E-state index is 13.6. The molecule has 1 fully saturated rings. The van der Waals surface area contributed by atoms with Crippen LogP contribution in [0.1, 0.15) is 38.8 Å². The number of aromatic amines is 1. The van der Waals surface area contributed by atoms with Crippen LogP contribution in [-0.4, -0.2) is 95.3 Å². The number of hydrogen-bond acceptors (Lipinski definition) is 7. The highest BCUT2D eigenvalue weighted by molar-refractivity contribution is 7.89. The quantitative estimate of drug-likeness (QED) is 0.459. The number of aliphatic hydroxyl groups is 1. The van der Waals surface area contributed by atoms with Crippen molar-refractivity contribution in [1.29, 1.82) is 0 Å². The van der Waals surface area contributed by atoms with Crippen molar-refractivity contribution in [3.8, 4) is 12.3 Å². The second-order valence-corrected chi connectivity index (χ2v) is 12.9. The molecule has 0 spiro atoms. The zero-order chi connectivity index (χ0) is 27.2. The van der Waals surface area contributed by atoms with Gasteiger partial charge in [0.05, 0.1) is 17.8 Å². The number of amides is 2. The minimum absolute atomic E-state index is 0.0210. The molecule has 2 aliphatic rings. The van der Waals surface area contributed by atoms with Crippen LogP contribution in [0.2, 0.25) is 0 Å². The molecule has 2 unspecified atom stereocenters. The number of fused-ring (bicyclic) bond motifs is 2. The van der Waals surface area contributed by atoms with Gasteiger partial charge >= 0.3 is 0 Å². The molecule has 2 amide bonds. The van der Waals surface area contributed by atoms with Crippen LogP contribution in [-0.2, 0) is 27.7 Å². The van der Waals surface area contributed by atoms with E-state index in [0.717, 1.165) is 10.6 Å². The molecule has 5 rings (SSSR count). The van der Waals surface area contributed by atoms with Crippen LogP contribution >= 0.6 is 11.3 Å². The van der Waals surface area contributed by atoms with E-state index in [0.29, 0.717) is 40.7 Å². The Balaban J connectivity index is 1.41. The summed E-state index contributed by atoms with van der Waals surface area (Å²) in [4.78, 5) is 37.6. The summed E-state index contributed by atoms with van der Waals surface area (Å²) in [6, 6.07) is 6.11. The molecule has 1 aliphatic heterocycles. The maximum Gasteiger partial charge on any atom is 0.283 e. The largest absolute Gasteiger partial charge is 0.393 e. The molecule has 2 atom stereocenters. The van der Waals surface area contributed by atoms with Crippen molar-refractivity contribution >= 4 is 44.1 Å². The van der Waals surface area contributed by atoms with Gasteiger partial charge in [-0.15, -0.1) is 17.8 Å². The highest BCUT2D eigenvalue weighted by Gasteiger charge is 2.39. The Hall–Kier alpha value is -3.24. The number of carbonyl (C=O) groups is 2. The maximum absolute atomic E-state index is 13.6. The van der Waals surface area contributed by atoms with Gasteiger partial charge in [0.1, 0.15) is 5.03 Å². The van der Waals surface area contributed by atoms with Gasteiger partial charge in [0, 0.05) is 67.9 Å². The van der Waals surface area contributed by atoms with Gasteiger partial charge in [-0.1, -0.05) is 5.92 Å². The smallest absolute Gasteiger partial charge is 0.283 e. The molecule has 200 valence electrons. The standard InChI is InChI=1S/C26H29N5O5S2/c1-4-16-5-7-20-17(11-16)12-23(27-20)38(35,36)30-9-10-31(18(15-30)13-24(33)29(2)3)26(34)25-28-21-8-6-19(32)14-22(21)37-25/h1,5,7,11-12,18-19,27,32H,6,8-10,13-15H2,2-3H3. The van der Waals surface area contributed by atoms with Gasteiger partial charge in [0.2, 0.25) is 5.91 Å². The van der Waals surface area contributed by atoms with Crippen LogP contribution < -0.4 is 0 Å². The monoisotopic (exact) mass is 555 g/mol. The number of hydrogen-bond donors (Lipinski definition) is 2. The van der Waals surface area contributed by atoms with Crippen molar-refractivity contribution in [2.24, 2.45) is 0 Å². The van der Waals surface area contributed by atoms with E-state index in [1.54, 1.807) is 43.3 Å². The third-order valence-corrected chi connectivity index (χ3v) is 9.99. The Morgan fingerprint density at radius 1 is 1.29 bits per heavy atom. The number of aryl methyl sites for hydroxylation is 1. The number of thiazole rings is 1. The fourth-order valence-corrected chi connectivity index (χ4v) is 7.54. The number of terminal acetylenes is 1. The number of nitrogens with zero attached hydrogens (tertiary/aromatic N) is 4. The lowest BCUT2D eigenvalue weighted by Gasteiger charge is -2.40. The molecule has 1 aliphatic carbocycles. The molecule has 3 aromatic rings. The van der Waals surface area contributed by atoms with E-state index >= 15 is 0 Å². The predicted molar refractivity (Wildman–Crippen MR) is 143 cm³/mol. The van der Waals surface area contributed by atoms with Gasteiger partial charge in [-0.25, -0.2) is 13.4 Å². The molecule has 2 aromatic heterocycles. The Labute approximate surface area is 225 Å². The van der Waals surface area contributed by atoms with E-state index < -0.39 is 22.2 Å². The Morgan fingerprint density at radius 3 is 2.82 bits per heavy atom. The number of benzene rings is 1. The third-order valence-electron chi connectivity index (χ3n) is 7.09. The van der Waals surface area contributed by atoms with Crippen LogP contribution in [0.5, 0.6) is 0 Å². The Bertz CT molecular complexity index is 1550. The minimum Gasteiger partial charge on any atom is -0.393 e. The number of piperazine rings is 1. The third kappa shape index (κ3) is 4.94. The normalized spacial score (nSPS) is 20.2. The molecule has 1 saturated heterocycles. The van der Waals surface area contributed by atoms with E-state index in [4.69, 9.17) is 6.42 Å². The summed E-state index contributed by atoms with van der Waals surface area (Å²) in [5.41, 5.74) is 2.12. The summed E-state index contributed by atoms with van der Waals surface area (Å²) in [5, 5.41) is 11.0. The van der Waals surface area contributed by atoms with Gasteiger partial charge in [-0.3, -0.25) is 9.59 Å². The molecule has 0 saturated carbocycles. The first-order valence-electron chi connectivity index (χ1n) is 12.3. The lowest BCUT2D eigenvalue weighted by atomic mass is 10.0. The van der Waals surface area contributed by atoms with Crippen molar-refractivity contribution in [1.82, 2.24) is 24.1 Å². The average molecular weight is 556 g/mol. The van der Waals surface area contributed by atoms with Crippen LogP contribution in [0.25, 0.3) is 10.9 Å². The van der Waals surface area contributed by atoms with Crippen LogP contribution in [0.4, 0.5) is 0 Å². The number of rotatable bonds is 5. The Morgan fingerprint density at radius 2 is 2.08 bits per heavy atom. The minimum atomic E-state index is -3.93. The zero-order valence-electron chi connectivity index (χ0n) is 21.2. The molecular formula is C26H29N5O5S2. The van der Waals surface area contributed by atoms with Gasteiger partial charge in [-0.05, 0) is 37.1 Å². The Kier molecular flexibility index (Phi) is 7.04. The first kappa shape index (κ1) is 26.4. The second kappa shape index (κ2) is 10.1. The average Bonchev–Trinajstić information content (AvgIpc) is 3.52. The summed E-state index contributed by atoms with van der Waals surface area (Å²) in [5.74, 6) is 2.02. The van der Waals surface area contributed by atoms with E-state index in [2.05, 4.69) is 15.9 Å². The highest BCUT2D eigenvalue weighted by atomic mass is 32.2. The van der Waals surface area contributed by atoms with Crippen LogP contribution in [0.15, 0.2) is 29.3 Å². The number of aromatic nitrogens is 2. The molecule has 3 heterocycles. The number of aliphatic hydroxyl groups excluding tert-OH is 1. The first-order chi connectivity index (χ1) is 18.1. The zero-order valence-corrected chi connectivity index (χ0v) is 22.8. The molecule has 12 heteroatoms. The summed E-state index contributed by atoms with van der Waals surface area (Å²) in [7, 11) is -0.680. The molecule has 38 heavy (non-hydrogen) atoms. The van der Waals surface area contributed by atoms with Gasteiger partial charge in [0.15, 0.2) is 5.01 Å². The van der Waals surface area contributed by atoms with Crippen LogP contribution in [0.3, 0.4) is 0 Å². The van der Waals surface area contributed by atoms with Gasteiger partial charge in [0.25, 0.3) is 15.9 Å². The highest BCUT2D eigenvalue weighted by Crippen LogP contribution is 2.30. The summed E-state index contributed by atoms with van der Waals surface area (Å²) >= 11 is 1.27. The van der Waals surface area contributed by atoms with Gasteiger partial charge in [-0.2, -0.15) is 4.31 Å². The van der Waals surface area contributed by atoms with Gasteiger partial charge < -0.3 is 19.9 Å². The summed E-state index contributed by atoms with van der Waals surface area (Å²) in [6.07, 6.45) is 6.72. The molecule has 1 aromatic carbocycles. The lowest BCUT2D eigenvalue weighted by Crippen LogP contribution is -2.57.